The second-order valence-electron chi connectivity index (χ2n) is 8.15. The van der Waals surface area contributed by atoms with Gasteiger partial charge >= 0.3 is 17.9 Å². The average molecular weight is 376 g/mol. The first-order chi connectivity index (χ1) is 12.7. The molecule has 0 aromatic rings. The molecule has 1 saturated carbocycles. The summed E-state index contributed by atoms with van der Waals surface area (Å²) in [5.74, 6) is -2.72. The summed E-state index contributed by atoms with van der Waals surface area (Å²) in [5.41, 5.74) is -0.239. The van der Waals surface area contributed by atoms with Gasteiger partial charge in [-0.15, -0.1) is 0 Å². The van der Waals surface area contributed by atoms with Crippen LogP contribution in [0, 0.1) is 23.2 Å². The van der Waals surface area contributed by atoms with Crippen molar-refractivity contribution in [3.05, 3.63) is 24.3 Å². The molecule has 0 bridgehead atoms. The van der Waals surface area contributed by atoms with Crippen molar-refractivity contribution < 1.29 is 33.3 Å². The highest BCUT2D eigenvalue weighted by atomic mass is 16.6. The second kappa shape index (κ2) is 5.92. The summed E-state index contributed by atoms with van der Waals surface area (Å²) in [6.45, 7) is 13.8. The first-order valence-corrected chi connectivity index (χ1v) is 9.33. The third-order valence-electron chi connectivity index (χ3n) is 6.69. The first-order valence-electron chi connectivity index (χ1n) is 9.33. The molecule has 146 valence electrons. The van der Waals surface area contributed by atoms with E-state index in [0.29, 0.717) is 18.6 Å². The van der Waals surface area contributed by atoms with E-state index in [1.807, 2.05) is 13.8 Å². The smallest absolute Gasteiger partial charge is 0.334 e. The molecule has 3 aliphatic heterocycles. The van der Waals surface area contributed by atoms with Gasteiger partial charge in [-0.05, 0) is 6.42 Å². The molecule has 8 atom stereocenters. The maximum Gasteiger partial charge on any atom is 0.334 e. The zero-order valence-corrected chi connectivity index (χ0v) is 15.7. The predicted molar refractivity (Wildman–Crippen MR) is 92.2 cm³/mol. The lowest BCUT2D eigenvalue weighted by Gasteiger charge is -2.50. The van der Waals surface area contributed by atoms with Gasteiger partial charge < -0.3 is 18.9 Å². The third-order valence-corrected chi connectivity index (χ3v) is 6.69. The molecule has 0 aromatic heterocycles. The highest BCUT2D eigenvalue weighted by molar-refractivity contribution is 5.94. The fourth-order valence-corrected chi connectivity index (χ4v) is 4.77. The van der Waals surface area contributed by atoms with E-state index in [1.54, 1.807) is 6.92 Å². The van der Waals surface area contributed by atoms with Crippen LogP contribution in [0.1, 0.15) is 27.2 Å². The lowest BCUT2D eigenvalue weighted by atomic mass is 9.56. The van der Waals surface area contributed by atoms with Gasteiger partial charge in [0.25, 0.3) is 0 Å². The van der Waals surface area contributed by atoms with E-state index in [9.17, 15) is 14.4 Å². The molecule has 0 radical (unpaired) electrons. The second-order valence-corrected chi connectivity index (χ2v) is 8.15. The molecule has 3 heterocycles. The number of hydrogen-bond acceptors (Lipinski definition) is 7. The summed E-state index contributed by atoms with van der Waals surface area (Å²) < 4.78 is 22.6. The normalized spacial score (nSPS) is 43.5. The van der Waals surface area contributed by atoms with Gasteiger partial charge in [0.2, 0.25) is 0 Å². The Kier molecular flexibility index (Phi) is 4.00. The Labute approximate surface area is 157 Å². The molecule has 4 fully saturated rings. The number of rotatable bonds is 4. The maximum absolute atomic E-state index is 12.6. The fraction of sp³-hybridized carbons (Fsp3) is 0.650. The van der Waals surface area contributed by atoms with Crippen molar-refractivity contribution in [3.63, 3.8) is 0 Å². The fourth-order valence-electron chi connectivity index (χ4n) is 4.77. The number of carbonyl (C=O) groups is 3. The standard InChI is InChI=1S/C20H24O7/c1-6-8(2)17(21)27-16-15-12(9(3)18(22)26-15)14-13(10(4)19(23)25-14)20(16,5)11-7-24-11/h8,11-16H,3-4,6-7H2,1-2,5H3/t8-,11+,12+,13+,14-,15+,16+,20-/m1/s1. The molecule has 1 aliphatic carbocycles. The van der Waals surface area contributed by atoms with E-state index in [4.69, 9.17) is 18.9 Å². The molecule has 7 nitrogen and oxygen atoms in total. The molecule has 0 unspecified atom stereocenters. The summed E-state index contributed by atoms with van der Waals surface area (Å²) >= 11 is 0. The molecule has 0 amide bonds. The van der Waals surface area contributed by atoms with E-state index in [1.165, 1.54) is 0 Å². The van der Waals surface area contributed by atoms with Crippen LogP contribution in [0.3, 0.4) is 0 Å². The van der Waals surface area contributed by atoms with Gasteiger partial charge in [-0.25, -0.2) is 9.59 Å². The molecule has 0 spiro atoms. The molecule has 0 aromatic carbocycles. The molecular formula is C20H24O7. The van der Waals surface area contributed by atoms with E-state index >= 15 is 0 Å². The van der Waals surface area contributed by atoms with Gasteiger partial charge in [-0.3, -0.25) is 4.79 Å². The van der Waals surface area contributed by atoms with Crippen LogP contribution in [0.15, 0.2) is 24.3 Å². The largest absolute Gasteiger partial charge is 0.458 e. The van der Waals surface area contributed by atoms with Crippen molar-refractivity contribution in [2.24, 2.45) is 23.2 Å². The minimum absolute atomic E-state index is 0.237. The van der Waals surface area contributed by atoms with Crippen molar-refractivity contribution in [2.45, 2.75) is 51.6 Å². The molecule has 7 heteroatoms. The van der Waals surface area contributed by atoms with Crippen LogP contribution in [0.2, 0.25) is 0 Å². The SMILES string of the molecule is C=C1C(=O)O[C@H]2[C@@H]1[C@H]1OC(=O)C(=C)[C@@H]1[C@@](C)([C@@H]1CO1)[C@H]2OC(=O)[C@H](C)CC. The molecule has 4 rings (SSSR count). The monoisotopic (exact) mass is 376 g/mol. The van der Waals surface area contributed by atoms with Gasteiger partial charge in [-0.1, -0.05) is 33.9 Å². The highest BCUT2D eigenvalue weighted by Crippen LogP contribution is 2.60. The average Bonchev–Trinajstić information content (AvgIpc) is 3.39. The minimum atomic E-state index is -0.789. The zero-order chi connectivity index (χ0) is 19.7. The molecule has 3 saturated heterocycles. The molecule has 0 N–H and O–H groups in total. The van der Waals surface area contributed by atoms with Crippen LogP contribution >= 0.6 is 0 Å². The van der Waals surface area contributed by atoms with E-state index in [0.717, 1.165) is 0 Å². The Morgan fingerprint density at radius 3 is 2.41 bits per heavy atom. The third kappa shape index (κ3) is 2.40. The van der Waals surface area contributed by atoms with Crippen LogP contribution in [0.5, 0.6) is 0 Å². The molecule has 4 aliphatic rings. The number of epoxide rings is 1. The van der Waals surface area contributed by atoms with E-state index < -0.39 is 47.5 Å². The lowest BCUT2D eigenvalue weighted by molar-refractivity contribution is -0.204. The number of fused-ring (bicyclic) bond motifs is 3. The summed E-state index contributed by atoms with van der Waals surface area (Å²) in [6.07, 6.45) is -1.76. The van der Waals surface area contributed by atoms with Crippen LogP contribution < -0.4 is 0 Å². The summed E-state index contributed by atoms with van der Waals surface area (Å²) in [6, 6.07) is 0. The first kappa shape index (κ1) is 18.2. The number of carbonyl (C=O) groups excluding carboxylic acids is 3. The topological polar surface area (TPSA) is 91.4 Å². The summed E-state index contributed by atoms with van der Waals surface area (Å²) in [7, 11) is 0. The maximum atomic E-state index is 12.6. The Bertz CT molecular complexity index is 751. The number of esters is 3. The summed E-state index contributed by atoms with van der Waals surface area (Å²) in [5, 5.41) is 0. The zero-order valence-electron chi connectivity index (χ0n) is 15.7. The number of ether oxygens (including phenoxy) is 4. The lowest BCUT2D eigenvalue weighted by Crippen LogP contribution is -2.62. The van der Waals surface area contributed by atoms with Gasteiger partial charge in [0.15, 0.2) is 6.10 Å². The minimum Gasteiger partial charge on any atom is -0.458 e. The highest BCUT2D eigenvalue weighted by Gasteiger charge is 2.72. The molecule has 27 heavy (non-hydrogen) atoms. The Morgan fingerprint density at radius 2 is 1.81 bits per heavy atom. The molecular weight excluding hydrogens is 352 g/mol. The van der Waals surface area contributed by atoms with Crippen molar-refractivity contribution in [2.75, 3.05) is 6.61 Å². The summed E-state index contributed by atoms with van der Waals surface area (Å²) in [4.78, 5) is 37.2. The van der Waals surface area contributed by atoms with E-state index in [2.05, 4.69) is 13.2 Å². The van der Waals surface area contributed by atoms with Crippen molar-refractivity contribution >= 4 is 17.9 Å². The van der Waals surface area contributed by atoms with Crippen LogP contribution in [-0.4, -0.2) is 48.9 Å². The van der Waals surface area contributed by atoms with Gasteiger partial charge in [-0.2, -0.15) is 0 Å². The van der Waals surface area contributed by atoms with Gasteiger partial charge in [0, 0.05) is 22.5 Å². The van der Waals surface area contributed by atoms with Gasteiger partial charge in [0.1, 0.15) is 12.2 Å². The van der Waals surface area contributed by atoms with Crippen molar-refractivity contribution in [1.29, 1.82) is 0 Å². The Morgan fingerprint density at radius 1 is 1.22 bits per heavy atom. The van der Waals surface area contributed by atoms with Gasteiger partial charge in [0.05, 0.1) is 24.5 Å². The van der Waals surface area contributed by atoms with Crippen LogP contribution in [0.4, 0.5) is 0 Å². The van der Waals surface area contributed by atoms with Crippen LogP contribution in [-0.2, 0) is 33.3 Å². The number of hydrogen-bond donors (Lipinski definition) is 0. The quantitative estimate of drug-likeness (QED) is 0.318. The van der Waals surface area contributed by atoms with Crippen LogP contribution in [0.25, 0.3) is 0 Å². The van der Waals surface area contributed by atoms with E-state index in [-0.39, 0.29) is 23.6 Å². The van der Waals surface area contributed by atoms with Crippen molar-refractivity contribution in [3.8, 4) is 0 Å². The predicted octanol–water partition coefficient (Wildman–Crippen LogP) is 1.56. The van der Waals surface area contributed by atoms with Crippen molar-refractivity contribution in [1.82, 2.24) is 0 Å². The Hall–Kier alpha value is -2.15. The Balaban J connectivity index is 1.80.